The van der Waals surface area contributed by atoms with Crippen LogP contribution in [-0.4, -0.2) is 19.3 Å². The first-order valence-corrected chi connectivity index (χ1v) is 6.15. The van der Waals surface area contributed by atoms with Crippen molar-refractivity contribution < 1.29 is 14.6 Å². The number of hydrogen-bond donors (Lipinski definition) is 1. The SMILES string of the molecule is COCc1ccccc1C(O)c1ccccc1OC. The molecule has 0 spiro atoms. The van der Waals surface area contributed by atoms with E-state index in [2.05, 4.69) is 0 Å². The van der Waals surface area contributed by atoms with E-state index in [0.717, 1.165) is 16.7 Å². The highest BCUT2D eigenvalue weighted by Crippen LogP contribution is 2.31. The van der Waals surface area contributed by atoms with Crippen molar-refractivity contribution in [1.29, 1.82) is 0 Å². The Labute approximate surface area is 113 Å². The standard InChI is InChI=1S/C16H18O3/c1-18-11-12-7-3-4-8-13(12)16(17)14-9-5-6-10-15(14)19-2/h3-10,16-17H,11H2,1-2H3. The Balaban J connectivity index is 2.41. The van der Waals surface area contributed by atoms with Crippen molar-refractivity contribution in [2.24, 2.45) is 0 Å². The van der Waals surface area contributed by atoms with Crippen molar-refractivity contribution in [2.45, 2.75) is 12.7 Å². The molecule has 0 aliphatic carbocycles. The first kappa shape index (κ1) is 13.6. The lowest BCUT2D eigenvalue weighted by Gasteiger charge is -2.18. The maximum Gasteiger partial charge on any atom is 0.125 e. The maximum atomic E-state index is 10.6. The maximum absolute atomic E-state index is 10.6. The lowest BCUT2D eigenvalue weighted by atomic mass is 9.96. The minimum absolute atomic E-state index is 0.475. The summed E-state index contributed by atoms with van der Waals surface area (Å²) in [5, 5.41) is 10.6. The average Bonchev–Trinajstić information content (AvgIpc) is 2.47. The van der Waals surface area contributed by atoms with E-state index in [1.807, 2.05) is 48.5 Å². The van der Waals surface area contributed by atoms with Crippen LogP contribution in [0.4, 0.5) is 0 Å². The Morgan fingerprint density at radius 1 is 0.947 bits per heavy atom. The van der Waals surface area contributed by atoms with Gasteiger partial charge >= 0.3 is 0 Å². The predicted molar refractivity (Wildman–Crippen MR) is 74.2 cm³/mol. The molecule has 1 atom stereocenters. The molecule has 19 heavy (non-hydrogen) atoms. The summed E-state index contributed by atoms with van der Waals surface area (Å²) >= 11 is 0. The van der Waals surface area contributed by atoms with E-state index in [9.17, 15) is 5.11 Å². The zero-order valence-electron chi connectivity index (χ0n) is 11.2. The van der Waals surface area contributed by atoms with Crippen LogP contribution in [0, 0.1) is 0 Å². The minimum atomic E-state index is -0.720. The third-order valence-electron chi connectivity index (χ3n) is 3.08. The van der Waals surface area contributed by atoms with Gasteiger partial charge in [-0.15, -0.1) is 0 Å². The number of aliphatic hydroxyl groups excluding tert-OH is 1. The molecule has 0 saturated carbocycles. The minimum Gasteiger partial charge on any atom is -0.496 e. The summed E-state index contributed by atoms with van der Waals surface area (Å²) in [6.45, 7) is 0.475. The zero-order chi connectivity index (χ0) is 13.7. The van der Waals surface area contributed by atoms with Gasteiger partial charge < -0.3 is 14.6 Å². The molecule has 3 nitrogen and oxygen atoms in total. The largest absolute Gasteiger partial charge is 0.496 e. The first-order valence-electron chi connectivity index (χ1n) is 6.15. The molecule has 0 amide bonds. The molecular weight excluding hydrogens is 240 g/mol. The third-order valence-corrected chi connectivity index (χ3v) is 3.08. The molecule has 0 aliphatic rings. The monoisotopic (exact) mass is 258 g/mol. The quantitative estimate of drug-likeness (QED) is 0.896. The number of aliphatic hydroxyl groups is 1. The number of rotatable bonds is 5. The summed E-state index contributed by atoms with van der Waals surface area (Å²) in [5.41, 5.74) is 2.57. The van der Waals surface area contributed by atoms with Crippen molar-refractivity contribution in [3.8, 4) is 5.75 Å². The van der Waals surface area contributed by atoms with Crippen LogP contribution in [0.2, 0.25) is 0 Å². The molecule has 1 unspecified atom stereocenters. The molecule has 2 aromatic carbocycles. The van der Waals surface area contributed by atoms with Crippen LogP contribution in [0.25, 0.3) is 0 Å². The fraction of sp³-hybridized carbons (Fsp3) is 0.250. The molecule has 0 heterocycles. The van der Waals surface area contributed by atoms with Crippen LogP contribution >= 0.6 is 0 Å². The first-order chi connectivity index (χ1) is 9.27. The highest BCUT2D eigenvalue weighted by atomic mass is 16.5. The Bertz CT molecular complexity index is 537. The fourth-order valence-electron chi connectivity index (χ4n) is 2.15. The van der Waals surface area contributed by atoms with Crippen molar-refractivity contribution in [1.82, 2.24) is 0 Å². The highest BCUT2D eigenvalue weighted by Gasteiger charge is 2.17. The van der Waals surface area contributed by atoms with Gasteiger partial charge in [0.25, 0.3) is 0 Å². The summed E-state index contributed by atoms with van der Waals surface area (Å²) < 4.78 is 10.5. The van der Waals surface area contributed by atoms with E-state index >= 15 is 0 Å². The average molecular weight is 258 g/mol. The van der Waals surface area contributed by atoms with Crippen LogP contribution < -0.4 is 4.74 Å². The van der Waals surface area contributed by atoms with Crippen molar-refractivity contribution >= 4 is 0 Å². The summed E-state index contributed by atoms with van der Waals surface area (Å²) in [6.07, 6.45) is -0.720. The third kappa shape index (κ3) is 2.95. The molecule has 0 fully saturated rings. The Morgan fingerprint density at radius 3 is 2.26 bits per heavy atom. The van der Waals surface area contributed by atoms with Gasteiger partial charge in [0, 0.05) is 12.7 Å². The van der Waals surface area contributed by atoms with Crippen LogP contribution in [0.15, 0.2) is 48.5 Å². The molecular formula is C16H18O3. The lowest BCUT2D eigenvalue weighted by molar-refractivity contribution is 0.175. The van der Waals surface area contributed by atoms with Gasteiger partial charge in [0.1, 0.15) is 11.9 Å². The van der Waals surface area contributed by atoms with Gasteiger partial charge in [-0.2, -0.15) is 0 Å². The van der Waals surface area contributed by atoms with E-state index in [4.69, 9.17) is 9.47 Å². The van der Waals surface area contributed by atoms with Gasteiger partial charge in [-0.1, -0.05) is 42.5 Å². The number of ether oxygens (including phenoxy) is 2. The molecule has 0 aromatic heterocycles. The smallest absolute Gasteiger partial charge is 0.125 e. The molecule has 2 rings (SSSR count). The van der Waals surface area contributed by atoms with Gasteiger partial charge in [-0.25, -0.2) is 0 Å². The van der Waals surface area contributed by atoms with Gasteiger partial charge in [0.2, 0.25) is 0 Å². The Kier molecular flexibility index (Phi) is 4.55. The Morgan fingerprint density at radius 2 is 1.58 bits per heavy atom. The van der Waals surface area contributed by atoms with E-state index in [0.29, 0.717) is 12.4 Å². The molecule has 100 valence electrons. The molecule has 2 aromatic rings. The van der Waals surface area contributed by atoms with Crippen molar-refractivity contribution in [2.75, 3.05) is 14.2 Å². The van der Waals surface area contributed by atoms with E-state index in [1.54, 1.807) is 14.2 Å². The number of hydrogen-bond acceptors (Lipinski definition) is 3. The number of methoxy groups -OCH3 is 2. The second kappa shape index (κ2) is 6.36. The topological polar surface area (TPSA) is 38.7 Å². The van der Waals surface area contributed by atoms with Crippen LogP contribution in [-0.2, 0) is 11.3 Å². The second-order valence-electron chi connectivity index (χ2n) is 4.28. The van der Waals surface area contributed by atoms with E-state index in [-0.39, 0.29) is 0 Å². The second-order valence-corrected chi connectivity index (χ2v) is 4.28. The van der Waals surface area contributed by atoms with E-state index in [1.165, 1.54) is 0 Å². The van der Waals surface area contributed by atoms with Crippen LogP contribution in [0.3, 0.4) is 0 Å². The summed E-state index contributed by atoms with van der Waals surface area (Å²) in [5.74, 6) is 0.683. The van der Waals surface area contributed by atoms with Crippen molar-refractivity contribution in [3.05, 3.63) is 65.2 Å². The number of benzene rings is 2. The molecule has 3 heteroatoms. The van der Waals surface area contributed by atoms with Crippen LogP contribution in [0.1, 0.15) is 22.8 Å². The molecule has 0 bridgehead atoms. The molecule has 0 radical (unpaired) electrons. The summed E-state index contributed by atoms with van der Waals surface area (Å²) in [7, 11) is 3.25. The predicted octanol–water partition coefficient (Wildman–Crippen LogP) is 2.92. The normalized spacial score (nSPS) is 12.2. The molecule has 1 N–H and O–H groups in total. The van der Waals surface area contributed by atoms with Crippen molar-refractivity contribution in [3.63, 3.8) is 0 Å². The van der Waals surface area contributed by atoms with E-state index < -0.39 is 6.10 Å². The van der Waals surface area contributed by atoms with Gasteiger partial charge in [-0.3, -0.25) is 0 Å². The highest BCUT2D eigenvalue weighted by molar-refractivity contribution is 5.42. The summed E-state index contributed by atoms with van der Waals surface area (Å²) in [4.78, 5) is 0. The van der Waals surface area contributed by atoms with Crippen LogP contribution in [0.5, 0.6) is 5.75 Å². The Hall–Kier alpha value is -1.84. The summed E-state index contributed by atoms with van der Waals surface area (Å²) in [6, 6.07) is 15.2. The zero-order valence-corrected chi connectivity index (χ0v) is 11.2. The van der Waals surface area contributed by atoms with Gasteiger partial charge in [0.15, 0.2) is 0 Å². The van der Waals surface area contributed by atoms with Gasteiger partial charge in [-0.05, 0) is 17.2 Å². The molecule has 0 aliphatic heterocycles. The lowest BCUT2D eigenvalue weighted by Crippen LogP contribution is -2.06. The number of para-hydroxylation sites is 1. The molecule has 0 saturated heterocycles. The fourth-order valence-corrected chi connectivity index (χ4v) is 2.15. The van der Waals surface area contributed by atoms with Gasteiger partial charge in [0.05, 0.1) is 13.7 Å².